The standard InChI is InChI=1S/C15H26N4O/c1-5-16-14-11(4)15(18-13(17-14)10(2)3)19-8-6-12(20)7-9-19/h10,12,20H,5-9H2,1-4H3,(H,16,17,18). The van der Waals surface area contributed by atoms with Gasteiger partial charge in [-0.25, -0.2) is 9.97 Å². The summed E-state index contributed by atoms with van der Waals surface area (Å²) in [7, 11) is 0. The molecule has 0 saturated carbocycles. The van der Waals surface area contributed by atoms with Crippen molar-refractivity contribution in [3.63, 3.8) is 0 Å². The molecule has 2 N–H and O–H groups in total. The fourth-order valence-electron chi connectivity index (χ4n) is 2.50. The summed E-state index contributed by atoms with van der Waals surface area (Å²) in [6, 6.07) is 0. The number of hydrogen-bond acceptors (Lipinski definition) is 5. The van der Waals surface area contributed by atoms with Crippen LogP contribution in [0.1, 0.15) is 50.9 Å². The van der Waals surface area contributed by atoms with Gasteiger partial charge in [0.15, 0.2) is 0 Å². The van der Waals surface area contributed by atoms with E-state index in [1.165, 1.54) is 0 Å². The van der Waals surface area contributed by atoms with Crippen molar-refractivity contribution in [2.75, 3.05) is 29.9 Å². The molecule has 1 aliphatic heterocycles. The fraction of sp³-hybridized carbons (Fsp3) is 0.733. The number of aliphatic hydroxyl groups is 1. The van der Waals surface area contributed by atoms with E-state index in [1.54, 1.807) is 0 Å². The van der Waals surface area contributed by atoms with Crippen molar-refractivity contribution < 1.29 is 5.11 Å². The van der Waals surface area contributed by atoms with Crippen molar-refractivity contribution in [2.45, 2.75) is 52.6 Å². The largest absolute Gasteiger partial charge is 0.393 e. The maximum atomic E-state index is 9.65. The van der Waals surface area contributed by atoms with Crippen molar-refractivity contribution in [3.8, 4) is 0 Å². The summed E-state index contributed by atoms with van der Waals surface area (Å²) in [6.07, 6.45) is 1.47. The van der Waals surface area contributed by atoms with E-state index in [4.69, 9.17) is 4.98 Å². The molecular formula is C15H26N4O. The molecule has 2 heterocycles. The van der Waals surface area contributed by atoms with E-state index in [0.717, 1.165) is 55.5 Å². The summed E-state index contributed by atoms with van der Waals surface area (Å²) in [5, 5.41) is 13.0. The van der Waals surface area contributed by atoms with Crippen molar-refractivity contribution in [2.24, 2.45) is 0 Å². The Kier molecular flexibility index (Phi) is 4.81. The van der Waals surface area contributed by atoms with Crippen LogP contribution in [0.3, 0.4) is 0 Å². The first-order chi connectivity index (χ1) is 9.52. The van der Waals surface area contributed by atoms with Gasteiger partial charge in [-0.15, -0.1) is 0 Å². The van der Waals surface area contributed by atoms with Crippen LogP contribution in [0.15, 0.2) is 0 Å². The molecule has 20 heavy (non-hydrogen) atoms. The van der Waals surface area contributed by atoms with Crippen LogP contribution in [0.5, 0.6) is 0 Å². The Balaban J connectivity index is 2.34. The molecule has 112 valence electrons. The van der Waals surface area contributed by atoms with Gasteiger partial charge in [0.1, 0.15) is 17.5 Å². The molecule has 0 radical (unpaired) electrons. The summed E-state index contributed by atoms with van der Waals surface area (Å²) in [6.45, 7) is 11.0. The van der Waals surface area contributed by atoms with Crippen LogP contribution in [0, 0.1) is 6.92 Å². The molecule has 0 amide bonds. The van der Waals surface area contributed by atoms with Crippen LogP contribution in [-0.2, 0) is 0 Å². The second kappa shape index (κ2) is 6.39. The average molecular weight is 278 g/mol. The van der Waals surface area contributed by atoms with Crippen LogP contribution < -0.4 is 10.2 Å². The van der Waals surface area contributed by atoms with Gasteiger partial charge in [-0.1, -0.05) is 13.8 Å². The van der Waals surface area contributed by atoms with Gasteiger partial charge in [0.05, 0.1) is 6.10 Å². The molecular weight excluding hydrogens is 252 g/mol. The highest BCUT2D eigenvalue weighted by molar-refractivity contribution is 5.59. The van der Waals surface area contributed by atoms with Crippen LogP contribution in [-0.4, -0.2) is 40.8 Å². The Morgan fingerprint density at radius 2 is 1.95 bits per heavy atom. The predicted molar refractivity (Wildman–Crippen MR) is 82.5 cm³/mol. The van der Waals surface area contributed by atoms with E-state index >= 15 is 0 Å². The zero-order valence-electron chi connectivity index (χ0n) is 13.0. The third-order valence-corrected chi connectivity index (χ3v) is 3.76. The zero-order chi connectivity index (χ0) is 14.7. The molecule has 1 saturated heterocycles. The molecule has 0 aromatic carbocycles. The van der Waals surface area contributed by atoms with Gasteiger partial charge in [0.25, 0.3) is 0 Å². The minimum Gasteiger partial charge on any atom is -0.393 e. The smallest absolute Gasteiger partial charge is 0.137 e. The summed E-state index contributed by atoms with van der Waals surface area (Å²) in [5.74, 6) is 3.15. The van der Waals surface area contributed by atoms with Crippen molar-refractivity contribution >= 4 is 11.6 Å². The van der Waals surface area contributed by atoms with E-state index in [0.29, 0.717) is 5.92 Å². The highest BCUT2D eigenvalue weighted by Crippen LogP contribution is 2.28. The van der Waals surface area contributed by atoms with Crippen molar-refractivity contribution in [1.29, 1.82) is 0 Å². The number of rotatable bonds is 4. The summed E-state index contributed by atoms with van der Waals surface area (Å²) in [5.41, 5.74) is 1.10. The van der Waals surface area contributed by atoms with E-state index in [-0.39, 0.29) is 6.10 Å². The Morgan fingerprint density at radius 1 is 1.30 bits per heavy atom. The molecule has 2 rings (SSSR count). The lowest BCUT2D eigenvalue weighted by Crippen LogP contribution is -2.37. The number of nitrogens with one attached hydrogen (secondary N) is 1. The molecule has 0 spiro atoms. The normalized spacial score (nSPS) is 16.8. The second-order valence-corrected chi connectivity index (χ2v) is 5.78. The first-order valence-electron chi connectivity index (χ1n) is 7.58. The molecule has 1 aliphatic rings. The first kappa shape index (κ1) is 15.0. The Labute approximate surface area is 121 Å². The van der Waals surface area contributed by atoms with Crippen LogP contribution in [0.25, 0.3) is 0 Å². The maximum absolute atomic E-state index is 9.65. The predicted octanol–water partition coefficient (Wildman–Crippen LogP) is 2.30. The Morgan fingerprint density at radius 3 is 2.50 bits per heavy atom. The molecule has 1 aromatic rings. The number of hydrogen-bond donors (Lipinski definition) is 2. The van der Waals surface area contributed by atoms with Crippen LogP contribution >= 0.6 is 0 Å². The number of aliphatic hydroxyl groups excluding tert-OH is 1. The fourth-order valence-corrected chi connectivity index (χ4v) is 2.50. The second-order valence-electron chi connectivity index (χ2n) is 5.78. The summed E-state index contributed by atoms with van der Waals surface area (Å²) in [4.78, 5) is 11.7. The molecule has 0 unspecified atom stereocenters. The quantitative estimate of drug-likeness (QED) is 0.885. The Hall–Kier alpha value is -1.36. The van der Waals surface area contributed by atoms with Crippen molar-refractivity contribution in [3.05, 3.63) is 11.4 Å². The molecule has 0 aliphatic carbocycles. The van der Waals surface area contributed by atoms with Crippen LogP contribution in [0.4, 0.5) is 11.6 Å². The third kappa shape index (κ3) is 3.20. The van der Waals surface area contributed by atoms with E-state index < -0.39 is 0 Å². The van der Waals surface area contributed by atoms with Gasteiger partial charge in [-0.2, -0.15) is 0 Å². The highest BCUT2D eigenvalue weighted by Gasteiger charge is 2.22. The third-order valence-electron chi connectivity index (χ3n) is 3.76. The monoisotopic (exact) mass is 278 g/mol. The summed E-state index contributed by atoms with van der Waals surface area (Å²) < 4.78 is 0. The average Bonchev–Trinajstić information content (AvgIpc) is 2.42. The van der Waals surface area contributed by atoms with Gasteiger partial charge in [-0.3, -0.25) is 0 Å². The van der Waals surface area contributed by atoms with Crippen LogP contribution in [0.2, 0.25) is 0 Å². The maximum Gasteiger partial charge on any atom is 0.137 e. The highest BCUT2D eigenvalue weighted by atomic mass is 16.3. The van der Waals surface area contributed by atoms with Crippen molar-refractivity contribution in [1.82, 2.24) is 9.97 Å². The first-order valence-corrected chi connectivity index (χ1v) is 7.58. The van der Waals surface area contributed by atoms with E-state index in [2.05, 4.69) is 42.9 Å². The number of nitrogens with zero attached hydrogens (tertiary/aromatic N) is 3. The van der Waals surface area contributed by atoms with Gasteiger partial charge in [0.2, 0.25) is 0 Å². The minimum absolute atomic E-state index is 0.161. The van der Waals surface area contributed by atoms with E-state index in [1.807, 2.05) is 0 Å². The molecule has 5 heteroatoms. The topological polar surface area (TPSA) is 61.3 Å². The lowest BCUT2D eigenvalue weighted by molar-refractivity contribution is 0.145. The van der Waals surface area contributed by atoms with E-state index in [9.17, 15) is 5.11 Å². The van der Waals surface area contributed by atoms with Gasteiger partial charge >= 0.3 is 0 Å². The minimum atomic E-state index is -0.161. The Bertz CT molecular complexity index is 453. The lowest BCUT2D eigenvalue weighted by atomic mass is 10.1. The van der Waals surface area contributed by atoms with Gasteiger partial charge in [0, 0.05) is 31.1 Å². The number of aromatic nitrogens is 2. The number of piperidine rings is 1. The molecule has 0 atom stereocenters. The van der Waals surface area contributed by atoms with Gasteiger partial charge in [-0.05, 0) is 26.7 Å². The summed E-state index contributed by atoms with van der Waals surface area (Å²) >= 11 is 0. The molecule has 0 bridgehead atoms. The zero-order valence-corrected chi connectivity index (χ0v) is 13.0. The lowest BCUT2D eigenvalue weighted by Gasteiger charge is -2.32. The van der Waals surface area contributed by atoms with Gasteiger partial charge < -0.3 is 15.3 Å². The molecule has 1 aromatic heterocycles. The number of anilines is 2. The molecule has 5 nitrogen and oxygen atoms in total. The SMILES string of the molecule is CCNc1nc(C(C)C)nc(N2CCC(O)CC2)c1C. The molecule has 1 fully saturated rings.